The molecule has 134 valence electrons. The molecule has 0 aromatic heterocycles. The van der Waals surface area contributed by atoms with E-state index in [2.05, 4.69) is 48.3 Å². The molecule has 0 aliphatic heterocycles. The fourth-order valence-electron chi connectivity index (χ4n) is 2.00. The van der Waals surface area contributed by atoms with Crippen LogP contribution in [0.1, 0.15) is 40.0 Å². The molecule has 0 saturated carbocycles. The van der Waals surface area contributed by atoms with Gasteiger partial charge < -0.3 is 20.3 Å². The summed E-state index contributed by atoms with van der Waals surface area (Å²) in [5.74, 6) is 0.897. The van der Waals surface area contributed by atoms with E-state index in [9.17, 15) is 0 Å². The molecule has 0 aromatic rings. The monoisotopic (exact) mass is 428 g/mol. The van der Waals surface area contributed by atoms with Crippen LogP contribution >= 0.6 is 24.0 Å². The molecule has 0 radical (unpaired) electrons. The fourth-order valence-corrected chi connectivity index (χ4v) is 2.00. The molecule has 0 heterocycles. The number of aliphatic imine (C=N–C) groups is 1. The van der Waals surface area contributed by atoms with Crippen LogP contribution < -0.4 is 10.6 Å². The van der Waals surface area contributed by atoms with Gasteiger partial charge in [-0.05, 0) is 31.7 Å². The zero-order valence-electron chi connectivity index (χ0n) is 15.4. The fraction of sp³-hybridized carbons (Fsp3) is 0.938. The summed E-state index contributed by atoms with van der Waals surface area (Å²) in [6.07, 6.45) is 3.47. The molecule has 0 rings (SSSR count). The van der Waals surface area contributed by atoms with E-state index in [0.717, 1.165) is 45.2 Å². The topological polar surface area (TPSA) is 48.9 Å². The molecule has 6 heteroatoms. The number of nitrogens with one attached hydrogen (secondary N) is 2. The van der Waals surface area contributed by atoms with E-state index < -0.39 is 0 Å². The highest BCUT2D eigenvalue weighted by molar-refractivity contribution is 14.0. The van der Waals surface area contributed by atoms with E-state index in [-0.39, 0.29) is 24.0 Å². The number of rotatable bonds is 10. The van der Waals surface area contributed by atoms with E-state index in [4.69, 9.17) is 4.74 Å². The maximum atomic E-state index is 5.06. The smallest absolute Gasteiger partial charge is 0.191 e. The summed E-state index contributed by atoms with van der Waals surface area (Å²) >= 11 is 0. The van der Waals surface area contributed by atoms with Crippen LogP contribution in [0.2, 0.25) is 0 Å². The molecule has 22 heavy (non-hydrogen) atoms. The number of hydrogen-bond donors (Lipinski definition) is 2. The molecule has 0 aromatic carbocycles. The maximum Gasteiger partial charge on any atom is 0.191 e. The molecule has 0 amide bonds. The minimum Gasteiger partial charge on any atom is -0.385 e. The average molecular weight is 428 g/mol. The molecule has 2 N–H and O–H groups in total. The minimum atomic E-state index is 0. The predicted molar refractivity (Wildman–Crippen MR) is 107 cm³/mol. The van der Waals surface area contributed by atoms with Crippen LogP contribution in [0.25, 0.3) is 0 Å². The average Bonchev–Trinajstić information content (AvgIpc) is 2.40. The lowest BCUT2D eigenvalue weighted by atomic mass is 9.91. The van der Waals surface area contributed by atoms with E-state index in [1.807, 2.05) is 7.05 Å². The van der Waals surface area contributed by atoms with Gasteiger partial charge in [-0.3, -0.25) is 4.99 Å². The minimum absolute atomic E-state index is 0. The summed E-state index contributed by atoms with van der Waals surface area (Å²) in [6, 6.07) is 0. The van der Waals surface area contributed by atoms with Gasteiger partial charge in [-0.15, -0.1) is 24.0 Å². The Hall–Kier alpha value is -0.0800. The first-order chi connectivity index (χ1) is 9.89. The molecule has 0 atom stereocenters. The lowest BCUT2D eigenvalue weighted by molar-refractivity contribution is 0.180. The standard InChI is InChI=1S/C16H36N4O.HI/c1-16(2,3)9-7-10-18-15(17-4)19-11-13-20(5)12-8-14-21-6;/h7-14H2,1-6H3,(H2,17,18,19);1H. The Morgan fingerprint density at radius 3 is 2.27 bits per heavy atom. The van der Waals surface area contributed by atoms with Crippen molar-refractivity contribution in [1.82, 2.24) is 15.5 Å². The second-order valence-electron chi connectivity index (χ2n) is 6.74. The lowest BCUT2D eigenvalue weighted by Crippen LogP contribution is -2.41. The van der Waals surface area contributed by atoms with Crippen molar-refractivity contribution >= 4 is 29.9 Å². The number of nitrogens with zero attached hydrogens (tertiary/aromatic N) is 2. The van der Waals surface area contributed by atoms with Crippen LogP contribution in [0.5, 0.6) is 0 Å². The van der Waals surface area contributed by atoms with Crippen LogP contribution in [0.4, 0.5) is 0 Å². The van der Waals surface area contributed by atoms with Gasteiger partial charge in [-0.2, -0.15) is 0 Å². The number of hydrogen-bond acceptors (Lipinski definition) is 3. The van der Waals surface area contributed by atoms with Crippen molar-refractivity contribution < 1.29 is 4.74 Å². The number of ether oxygens (including phenoxy) is 1. The van der Waals surface area contributed by atoms with Crippen molar-refractivity contribution in [3.8, 4) is 0 Å². The molecule has 0 aliphatic carbocycles. The highest BCUT2D eigenvalue weighted by Gasteiger charge is 2.09. The molecule has 0 fully saturated rings. The molecule has 5 nitrogen and oxygen atoms in total. The van der Waals surface area contributed by atoms with Gasteiger partial charge >= 0.3 is 0 Å². The largest absolute Gasteiger partial charge is 0.385 e. The van der Waals surface area contributed by atoms with Gasteiger partial charge in [0, 0.05) is 46.9 Å². The number of likely N-dealkylation sites (N-methyl/N-ethyl adjacent to an activating group) is 1. The Bertz CT molecular complexity index is 280. The van der Waals surface area contributed by atoms with Gasteiger partial charge in [0.25, 0.3) is 0 Å². The van der Waals surface area contributed by atoms with Crippen molar-refractivity contribution in [2.24, 2.45) is 10.4 Å². The molecule has 0 spiro atoms. The van der Waals surface area contributed by atoms with E-state index >= 15 is 0 Å². The second kappa shape index (κ2) is 14.5. The maximum absolute atomic E-state index is 5.06. The summed E-state index contributed by atoms with van der Waals surface area (Å²) in [4.78, 5) is 6.55. The van der Waals surface area contributed by atoms with Gasteiger partial charge in [0.15, 0.2) is 5.96 Å². The zero-order chi connectivity index (χ0) is 16.1. The Morgan fingerprint density at radius 2 is 1.73 bits per heavy atom. The molecular formula is C16H37IN4O. The van der Waals surface area contributed by atoms with Crippen LogP contribution in [-0.4, -0.2) is 64.9 Å². The quantitative estimate of drug-likeness (QED) is 0.243. The molecule has 0 aliphatic rings. The molecule has 0 saturated heterocycles. The number of guanidine groups is 1. The SMILES string of the molecule is CN=C(NCCCC(C)(C)C)NCCN(C)CCCOC.I. The Balaban J connectivity index is 0. The first-order valence-electron chi connectivity index (χ1n) is 8.01. The third kappa shape index (κ3) is 16.3. The first kappa shape index (κ1) is 24.2. The third-order valence-electron chi connectivity index (χ3n) is 3.29. The summed E-state index contributed by atoms with van der Waals surface area (Å²) < 4.78 is 5.06. The Labute approximate surface area is 154 Å². The normalized spacial score (nSPS) is 12.2. The van der Waals surface area contributed by atoms with Gasteiger partial charge in [0.1, 0.15) is 0 Å². The molecular weight excluding hydrogens is 391 g/mol. The lowest BCUT2D eigenvalue weighted by Gasteiger charge is -2.20. The summed E-state index contributed by atoms with van der Waals surface area (Å²) in [5, 5.41) is 6.72. The van der Waals surface area contributed by atoms with E-state index in [0.29, 0.717) is 5.41 Å². The van der Waals surface area contributed by atoms with Gasteiger partial charge in [-0.25, -0.2) is 0 Å². The van der Waals surface area contributed by atoms with Crippen LogP contribution in [0.3, 0.4) is 0 Å². The van der Waals surface area contributed by atoms with Crippen molar-refractivity contribution in [3.63, 3.8) is 0 Å². The Kier molecular flexibility index (Phi) is 15.9. The van der Waals surface area contributed by atoms with Crippen LogP contribution in [-0.2, 0) is 4.74 Å². The van der Waals surface area contributed by atoms with E-state index in [1.165, 1.54) is 12.8 Å². The summed E-state index contributed by atoms with van der Waals surface area (Å²) in [7, 11) is 5.70. The highest BCUT2D eigenvalue weighted by atomic mass is 127. The van der Waals surface area contributed by atoms with Gasteiger partial charge in [0.2, 0.25) is 0 Å². The summed E-state index contributed by atoms with van der Waals surface area (Å²) in [5.41, 5.74) is 0.406. The molecule has 0 bridgehead atoms. The van der Waals surface area contributed by atoms with Gasteiger partial charge in [-0.1, -0.05) is 20.8 Å². The van der Waals surface area contributed by atoms with Gasteiger partial charge in [0.05, 0.1) is 0 Å². The number of methoxy groups -OCH3 is 1. The van der Waals surface area contributed by atoms with Crippen molar-refractivity contribution in [2.45, 2.75) is 40.0 Å². The Morgan fingerprint density at radius 1 is 1.09 bits per heavy atom. The first-order valence-corrected chi connectivity index (χ1v) is 8.01. The van der Waals surface area contributed by atoms with E-state index in [1.54, 1.807) is 7.11 Å². The van der Waals surface area contributed by atoms with Crippen molar-refractivity contribution in [3.05, 3.63) is 0 Å². The van der Waals surface area contributed by atoms with Crippen molar-refractivity contribution in [1.29, 1.82) is 0 Å². The molecule has 0 unspecified atom stereocenters. The zero-order valence-corrected chi connectivity index (χ0v) is 17.7. The summed E-state index contributed by atoms with van der Waals surface area (Å²) in [6.45, 7) is 11.6. The highest BCUT2D eigenvalue weighted by Crippen LogP contribution is 2.19. The van der Waals surface area contributed by atoms with Crippen LogP contribution in [0.15, 0.2) is 4.99 Å². The third-order valence-corrected chi connectivity index (χ3v) is 3.29. The second-order valence-corrected chi connectivity index (χ2v) is 6.74. The predicted octanol–water partition coefficient (Wildman–Crippen LogP) is 2.56. The van der Waals surface area contributed by atoms with Crippen LogP contribution in [0, 0.1) is 5.41 Å². The number of halogens is 1. The van der Waals surface area contributed by atoms with Crippen molar-refractivity contribution in [2.75, 3.05) is 54.0 Å².